The van der Waals surface area contributed by atoms with E-state index in [0.29, 0.717) is 11.8 Å². The van der Waals surface area contributed by atoms with Crippen LogP contribution in [0.1, 0.15) is 5.56 Å². The topological polar surface area (TPSA) is 56.1 Å². The highest BCUT2D eigenvalue weighted by atomic mass is 35.5. The summed E-state index contributed by atoms with van der Waals surface area (Å²) in [5.74, 6) is 0.742. The van der Waals surface area contributed by atoms with Crippen LogP contribution in [0.2, 0.25) is 5.28 Å². The number of imidazole rings is 1. The molecule has 0 saturated carbocycles. The van der Waals surface area contributed by atoms with E-state index < -0.39 is 0 Å². The van der Waals surface area contributed by atoms with Crippen LogP contribution in [0.5, 0.6) is 5.75 Å². The van der Waals surface area contributed by atoms with Crippen molar-refractivity contribution in [3.05, 3.63) is 47.5 Å². The second-order valence-corrected chi connectivity index (χ2v) is 4.61. The van der Waals surface area contributed by atoms with Gasteiger partial charge in [-0.05, 0) is 35.7 Å². The van der Waals surface area contributed by atoms with Gasteiger partial charge in [0.25, 0.3) is 0 Å². The molecular weight excluding hydrogens is 278 g/mol. The van der Waals surface area contributed by atoms with Gasteiger partial charge in [0.1, 0.15) is 12.3 Å². The number of nitrogens with zero attached hydrogens (tertiary/aromatic N) is 2. The first kappa shape index (κ1) is 14.4. The molecule has 1 N–H and O–H groups in total. The molecule has 2 aromatic rings. The van der Waals surface area contributed by atoms with Gasteiger partial charge in [-0.1, -0.05) is 12.1 Å². The number of hydrogen-bond donors (Lipinski definition) is 1. The van der Waals surface area contributed by atoms with Gasteiger partial charge in [-0.3, -0.25) is 4.79 Å². The number of rotatable bonds is 6. The number of hydrogen-bond acceptors (Lipinski definition) is 3. The first-order valence-corrected chi connectivity index (χ1v) is 6.63. The maximum absolute atomic E-state index is 11.7. The zero-order valence-corrected chi connectivity index (χ0v) is 11.9. The molecule has 0 atom stereocenters. The molecular formula is C14H16ClN3O2. The van der Waals surface area contributed by atoms with Crippen molar-refractivity contribution in [3.63, 3.8) is 0 Å². The smallest absolute Gasteiger partial charge is 0.240 e. The molecule has 0 bridgehead atoms. The van der Waals surface area contributed by atoms with Crippen molar-refractivity contribution in [2.24, 2.45) is 0 Å². The summed E-state index contributed by atoms with van der Waals surface area (Å²) >= 11 is 5.80. The van der Waals surface area contributed by atoms with Crippen LogP contribution < -0.4 is 10.1 Å². The third-order valence-electron chi connectivity index (χ3n) is 2.87. The summed E-state index contributed by atoms with van der Waals surface area (Å²) in [7, 11) is 1.64. The average molecular weight is 294 g/mol. The molecule has 0 aliphatic rings. The van der Waals surface area contributed by atoms with Crippen molar-refractivity contribution < 1.29 is 9.53 Å². The predicted molar refractivity (Wildman–Crippen MR) is 76.9 cm³/mol. The summed E-state index contributed by atoms with van der Waals surface area (Å²) in [4.78, 5) is 15.6. The molecule has 1 heterocycles. The van der Waals surface area contributed by atoms with E-state index in [1.54, 1.807) is 24.1 Å². The van der Waals surface area contributed by atoms with Crippen LogP contribution in [0.15, 0.2) is 36.7 Å². The molecule has 5 nitrogen and oxygen atoms in total. The Hall–Kier alpha value is -2.01. The van der Waals surface area contributed by atoms with Crippen LogP contribution in [0, 0.1) is 0 Å². The number of benzene rings is 1. The van der Waals surface area contributed by atoms with E-state index in [2.05, 4.69) is 10.3 Å². The first-order chi connectivity index (χ1) is 9.69. The fourth-order valence-corrected chi connectivity index (χ4v) is 1.95. The molecule has 6 heteroatoms. The van der Waals surface area contributed by atoms with Crippen molar-refractivity contribution in [1.29, 1.82) is 0 Å². The molecule has 106 valence electrons. The Kier molecular flexibility index (Phi) is 5.01. The number of halogens is 1. The highest BCUT2D eigenvalue weighted by molar-refractivity contribution is 6.28. The van der Waals surface area contributed by atoms with E-state index >= 15 is 0 Å². The van der Waals surface area contributed by atoms with Crippen LogP contribution in [0.4, 0.5) is 0 Å². The summed E-state index contributed by atoms with van der Waals surface area (Å²) in [6, 6.07) is 7.78. The fraction of sp³-hybridized carbons (Fsp3) is 0.286. The highest BCUT2D eigenvalue weighted by Gasteiger charge is 2.05. The standard InChI is InChI=1S/C14H16ClN3O2/c1-20-12-4-2-11(3-5-12)6-7-16-13(19)10-18-9-8-17-14(18)15/h2-5,8-9H,6-7,10H2,1H3,(H,16,19). The number of ether oxygens (including phenoxy) is 1. The number of carbonyl (C=O) groups is 1. The van der Waals surface area contributed by atoms with Gasteiger partial charge in [-0.15, -0.1) is 0 Å². The summed E-state index contributed by atoms with van der Waals surface area (Å²) in [6.45, 7) is 0.763. The molecule has 0 spiro atoms. The Morgan fingerprint density at radius 1 is 1.40 bits per heavy atom. The molecule has 0 unspecified atom stereocenters. The zero-order valence-electron chi connectivity index (χ0n) is 11.2. The number of amides is 1. The lowest BCUT2D eigenvalue weighted by molar-refractivity contribution is -0.121. The number of carbonyl (C=O) groups excluding carboxylic acids is 1. The lowest BCUT2D eigenvalue weighted by Crippen LogP contribution is -2.29. The lowest BCUT2D eigenvalue weighted by Gasteiger charge is -2.07. The Labute approximate surface area is 122 Å². The lowest BCUT2D eigenvalue weighted by atomic mass is 10.1. The maximum Gasteiger partial charge on any atom is 0.240 e. The van der Waals surface area contributed by atoms with Crippen molar-refractivity contribution in [3.8, 4) is 5.75 Å². The van der Waals surface area contributed by atoms with E-state index in [0.717, 1.165) is 17.7 Å². The number of aromatic nitrogens is 2. The molecule has 20 heavy (non-hydrogen) atoms. The van der Waals surface area contributed by atoms with Crippen molar-refractivity contribution >= 4 is 17.5 Å². The highest BCUT2D eigenvalue weighted by Crippen LogP contribution is 2.11. The average Bonchev–Trinajstić information content (AvgIpc) is 2.85. The van der Waals surface area contributed by atoms with E-state index in [4.69, 9.17) is 16.3 Å². The van der Waals surface area contributed by atoms with Crippen molar-refractivity contribution in [2.75, 3.05) is 13.7 Å². The summed E-state index contributed by atoms with van der Waals surface area (Å²) in [5, 5.41) is 3.16. The van der Waals surface area contributed by atoms with E-state index in [9.17, 15) is 4.79 Å². The molecule has 2 rings (SSSR count). The summed E-state index contributed by atoms with van der Waals surface area (Å²) < 4.78 is 6.68. The number of nitrogens with one attached hydrogen (secondary N) is 1. The van der Waals surface area contributed by atoms with Gasteiger partial charge in [0.2, 0.25) is 11.2 Å². The van der Waals surface area contributed by atoms with Gasteiger partial charge < -0.3 is 14.6 Å². The molecule has 1 aromatic carbocycles. The fourth-order valence-electron chi connectivity index (χ4n) is 1.78. The second-order valence-electron chi connectivity index (χ2n) is 4.27. The van der Waals surface area contributed by atoms with Crippen LogP contribution in [0.3, 0.4) is 0 Å². The molecule has 0 aliphatic heterocycles. The largest absolute Gasteiger partial charge is 0.497 e. The molecule has 0 saturated heterocycles. The first-order valence-electron chi connectivity index (χ1n) is 6.25. The van der Waals surface area contributed by atoms with Gasteiger partial charge in [-0.25, -0.2) is 4.98 Å². The maximum atomic E-state index is 11.7. The third kappa shape index (κ3) is 3.99. The Morgan fingerprint density at radius 3 is 2.75 bits per heavy atom. The van der Waals surface area contributed by atoms with Crippen molar-refractivity contribution in [2.45, 2.75) is 13.0 Å². The monoisotopic (exact) mass is 293 g/mol. The van der Waals surface area contributed by atoms with Crippen LogP contribution in [-0.4, -0.2) is 29.1 Å². The Bertz CT molecular complexity index is 566. The van der Waals surface area contributed by atoms with Gasteiger partial charge in [-0.2, -0.15) is 0 Å². The molecule has 0 fully saturated rings. The predicted octanol–water partition coefficient (Wildman–Crippen LogP) is 1.90. The van der Waals surface area contributed by atoms with E-state index in [1.807, 2.05) is 24.3 Å². The minimum Gasteiger partial charge on any atom is -0.497 e. The summed E-state index contributed by atoms with van der Waals surface area (Å²) in [5.41, 5.74) is 1.15. The van der Waals surface area contributed by atoms with Crippen molar-refractivity contribution in [1.82, 2.24) is 14.9 Å². The van der Waals surface area contributed by atoms with E-state index in [-0.39, 0.29) is 12.5 Å². The number of methoxy groups -OCH3 is 1. The minimum atomic E-state index is -0.0848. The van der Waals surface area contributed by atoms with Gasteiger partial charge in [0.05, 0.1) is 7.11 Å². The SMILES string of the molecule is COc1ccc(CCNC(=O)Cn2ccnc2Cl)cc1. The third-order valence-corrected chi connectivity index (χ3v) is 3.19. The molecule has 0 radical (unpaired) electrons. The van der Waals surface area contributed by atoms with E-state index in [1.165, 1.54) is 0 Å². The van der Waals surface area contributed by atoms with Crippen LogP contribution >= 0.6 is 11.6 Å². The normalized spacial score (nSPS) is 10.3. The van der Waals surface area contributed by atoms with Gasteiger partial charge in [0.15, 0.2) is 0 Å². The van der Waals surface area contributed by atoms with Crippen LogP contribution in [-0.2, 0) is 17.8 Å². The summed E-state index contributed by atoms with van der Waals surface area (Å²) in [6.07, 6.45) is 4.01. The van der Waals surface area contributed by atoms with Gasteiger partial charge in [0, 0.05) is 18.9 Å². The van der Waals surface area contributed by atoms with Crippen LogP contribution in [0.25, 0.3) is 0 Å². The quantitative estimate of drug-likeness (QED) is 0.885. The minimum absolute atomic E-state index is 0.0848. The second kappa shape index (κ2) is 6.96. The van der Waals surface area contributed by atoms with Gasteiger partial charge >= 0.3 is 0 Å². The molecule has 0 aliphatic carbocycles. The Balaban J connectivity index is 1.75. The Morgan fingerprint density at radius 2 is 2.15 bits per heavy atom. The molecule has 1 amide bonds. The molecule has 1 aromatic heterocycles. The zero-order chi connectivity index (χ0) is 14.4.